The van der Waals surface area contributed by atoms with Gasteiger partial charge in [-0.3, -0.25) is 0 Å². The van der Waals surface area contributed by atoms with E-state index in [-0.39, 0.29) is 0 Å². The molecule has 0 aliphatic carbocycles. The van der Waals surface area contributed by atoms with Gasteiger partial charge in [0, 0.05) is 0 Å². The fraction of sp³-hybridized carbons (Fsp3) is 1.00. The minimum atomic E-state index is 0.770. The standard InChI is InChI=1S/C22H53N7/c1-2-3-14-27(19-8-21-28(15-4-10-23)16-5-11-24)20-9-22-29(17-6-12-25)18-7-13-26/h2-26H2,1H3. The topological polar surface area (TPSA) is 114 Å². The van der Waals surface area contributed by atoms with Crippen molar-refractivity contribution in [1.29, 1.82) is 0 Å². The van der Waals surface area contributed by atoms with Crippen molar-refractivity contribution >= 4 is 0 Å². The van der Waals surface area contributed by atoms with Gasteiger partial charge >= 0.3 is 0 Å². The molecule has 0 saturated heterocycles. The molecule has 0 atom stereocenters. The predicted octanol–water partition coefficient (Wildman–Crippen LogP) is 0.868. The minimum Gasteiger partial charge on any atom is -0.330 e. The Morgan fingerprint density at radius 3 is 0.862 bits per heavy atom. The smallest absolute Gasteiger partial charge is 0.000653 e. The molecule has 0 spiro atoms. The molecular formula is C22H53N7. The number of hydrogen-bond acceptors (Lipinski definition) is 7. The van der Waals surface area contributed by atoms with Crippen LogP contribution in [0.5, 0.6) is 0 Å². The van der Waals surface area contributed by atoms with Crippen LogP contribution in [0.15, 0.2) is 0 Å². The van der Waals surface area contributed by atoms with Gasteiger partial charge in [0.1, 0.15) is 0 Å². The Morgan fingerprint density at radius 2 is 0.621 bits per heavy atom. The van der Waals surface area contributed by atoms with Gasteiger partial charge in [-0.15, -0.1) is 0 Å². The van der Waals surface area contributed by atoms with Crippen LogP contribution < -0.4 is 22.9 Å². The third-order valence-corrected chi connectivity index (χ3v) is 5.44. The first-order valence-corrected chi connectivity index (χ1v) is 12.2. The molecule has 29 heavy (non-hydrogen) atoms. The third kappa shape index (κ3) is 18.2. The van der Waals surface area contributed by atoms with Crippen LogP contribution in [0.4, 0.5) is 0 Å². The SMILES string of the molecule is CCCCN(CCCN(CCCN)CCCN)CCCN(CCCN)CCCN. The Labute approximate surface area is 181 Å². The summed E-state index contributed by atoms with van der Waals surface area (Å²) in [4.78, 5) is 7.75. The lowest BCUT2D eigenvalue weighted by Crippen LogP contribution is -2.35. The number of unbranched alkanes of at least 4 members (excludes halogenated alkanes) is 1. The zero-order valence-corrected chi connectivity index (χ0v) is 19.5. The highest BCUT2D eigenvalue weighted by atomic mass is 15.2. The van der Waals surface area contributed by atoms with Gasteiger partial charge in [0.05, 0.1) is 0 Å². The van der Waals surface area contributed by atoms with E-state index in [9.17, 15) is 0 Å². The van der Waals surface area contributed by atoms with Crippen molar-refractivity contribution in [3.63, 3.8) is 0 Å². The van der Waals surface area contributed by atoms with Crippen LogP contribution in [0.25, 0.3) is 0 Å². The van der Waals surface area contributed by atoms with Gasteiger partial charge in [-0.05, 0) is 130 Å². The second kappa shape index (κ2) is 22.4. The Bertz CT molecular complexity index is 276. The lowest BCUT2D eigenvalue weighted by molar-refractivity contribution is 0.204. The summed E-state index contributed by atoms with van der Waals surface area (Å²) < 4.78 is 0. The molecule has 7 nitrogen and oxygen atoms in total. The molecule has 0 rings (SSSR count). The van der Waals surface area contributed by atoms with E-state index in [1.54, 1.807) is 0 Å². The molecule has 0 fully saturated rings. The van der Waals surface area contributed by atoms with E-state index in [2.05, 4.69) is 21.6 Å². The van der Waals surface area contributed by atoms with Crippen molar-refractivity contribution in [2.75, 3.05) is 85.1 Å². The molecule has 176 valence electrons. The Hall–Kier alpha value is -0.280. The highest BCUT2D eigenvalue weighted by Crippen LogP contribution is 2.04. The lowest BCUT2D eigenvalue weighted by Gasteiger charge is -2.27. The van der Waals surface area contributed by atoms with E-state index in [1.165, 1.54) is 45.3 Å². The molecule has 0 radical (unpaired) electrons. The summed E-state index contributed by atoms with van der Waals surface area (Å²) in [5.74, 6) is 0. The summed E-state index contributed by atoms with van der Waals surface area (Å²) in [6, 6.07) is 0. The van der Waals surface area contributed by atoms with Gasteiger partial charge in [-0.2, -0.15) is 0 Å². The summed E-state index contributed by atoms with van der Waals surface area (Å²) in [5, 5.41) is 0. The zero-order chi connectivity index (χ0) is 21.6. The summed E-state index contributed by atoms with van der Waals surface area (Å²) >= 11 is 0. The van der Waals surface area contributed by atoms with Crippen molar-refractivity contribution in [3.05, 3.63) is 0 Å². The van der Waals surface area contributed by atoms with Crippen LogP contribution in [0.2, 0.25) is 0 Å². The van der Waals surface area contributed by atoms with Crippen molar-refractivity contribution in [2.24, 2.45) is 22.9 Å². The molecule has 0 aliphatic rings. The van der Waals surface area contributed by atoms with E-state index in [4.69, 9.17) is 22.9 Å². The number of nitrogens with zero attached hydrogens (tertiary/aromatic N) is 3. The van der Waals surface area contributed by atoms with Gasteiger partial charge in [-0.25, -0.2) is 0 Å². The maximum Gasteiger partial charge on any atom is -0.000653 e. The fourth-order valence-electron chi connectivity index (χ4n) is 3.68. The molecule has 0 saturated carbocycles. The molecular weight excluding hydrogens is 362 g/mol. The molecule has 0 heterocycles. The normalized spacial score (nSPS) is 12.0. The number of rotatable bonds is 23. The summed E-state index contributed by atoms with van der Waals surface area (Å²) in [5.41, 5.74) is 22.8. The molecule has 8 N–H and O–H groups in total. The molecule has 0 aromatic heterocycles. The monoisotopic (exact) mass is 415 g/mol. The van der Waals surface area contributed by atoms with E-state index in [0.717, 1.165) is 91.1 Å². The van der Waals surface area contributed by atoms with Gasteiger partial charge in [0.25, 0.3) is 0 Å². The number of hydrogen-bond donors (Lipinski definition) is 4. The maximum absolute atomic E-state index is 5.70. The average molecular weight is 416 g/mol. The summed E-state index contributed by atoms with van der Waals surface area (Å²) in [7, 11) is 0. The molecule has 0 bridgehead atoms. The van der Waals surface area contributed by atoms with Crippen LogP contribution in [0, 0.1) is 0 Å². The number of nitrogens with two attached hydrogens (primary N) is 4. The van der Waals surface area contributed by atoms with Crippen LogP contribution in [-0.2, 0) is 0 Å². The Balaban J connectivity index is 4.32. The first-order valence-electron chi connectivity index (χ1n) is 12.2. The molecule has 0 aliphatic heterocycles. The second-order valence-corrected chi connectivity index (χ2v) is 8.15. The van der Waals surface area contributed by atoms with Crippen LogP contribution in [-0.4, -0.2) is 99.8 Å². The maximum atomic E-state index is 5.70. The van der Waals surface area contributed by atoms with Crippen molar-refractivity contribution in [1.82, 2.24) is 14.7 Å². The molecule has 0 amide bonds. The summed E-state index contributed by atoms with van der Waals surface area (Å²) in [6.45, 7) is 15.7. The lowest BCUT2D eigenvalue weighted by atomic mass is 10.2. The molecule has 7 heteroatoms. The first kappa shape index (κ1) is 28.7. The van der Waals surface area contributed by atoms with Gasteiger partial charge in [0.15, 0.2) is 0 Å². The van der Waals surface area contributed by atoms with Gasteiger partial charge < -0.3 is 37.6 Å². The van der Waals surface area contributed by atoms with Gasteiger partial charge in [0.2, 0.25) is 0 Å². The largest absolute Gasteiger partial charge is 0.330 e. The van der Waals surface area contributed by atoms with Crippen molar-refractivity contribution < 1.29 is 0 Å². The van der Waals surface area contributed by atoms with Crippen molar-refractivity contribution in [2.45, 2.75) is 58.3 Å². The van der Waals surface area contributed by atoms with E-state index in [1.807, 2.05) is 0 Å². The van der Waals surface area contributed by atoms with Crippen LogP contribution in [0.3, 0.4) is 0 Å². The average Bonchev–Trinajstić information content (AvgIpc) is 2.74. The molecule has 0 unspecified atom stereocenters. The predicted molar refractivity (Wildman–Crippen MR) is 128 cm³/mol. The minimum absolute atomic E-state index is 0.770. The fourth-order valence-corrected chi connectivity index (χ4v) is 3.68. The zero-order valence-electron chi connectivity index (χ0n) is 19.5. The third-order valence-electron chi connectivity index (χ3n) is 5.44. The first-order chi connectivity index (χ1) is 14.2. The van der Waals surface area contributed by atoms with Crippen LogP contribution >= 0.6 is 0 Å². The molecule has 0 aromatic rings. The molecule has 0 aromatic carbocycles. The van der Waals surface area contributed by atoms with E-state index in [0.29, 0.717) is 0 Å². The van der Waals surface area contributed by atoms with Crippen LogP contribution in [0.1, 0.15) is 58.3 Å². The van der Waals surface area contributed by atoms with Gasteiger partial charge in [-0.1, -0.05) is 13.3 Å². The Kier molecular flexibility index (Phi) is 22.2. The van der Waals surface area contributed by atoms with E-state index >= 15 is 0 Å². The quantitative estimate of drug-likeness (QED) is 0.196. The highest BCUT2D eigenvalue weighted by molar-refractivity contribution is 4.66. The van der Waals surface area contributed by atoms with Crippen molar-refractivity contribution in [3.8, 4) is 0 Å². The Morgan fingerprint density at radius 1 is 0.379 bits per heavy atom. The van der Waals surface area contributed by atoms with E-state index < -0.39 is 0 Å². The summed E-state index contributed by atoms with van der Waals surface area (Å²) in [6.07, 6.45) is 9.29. The highest BCUT2D eigenvalue weighted by Gasteiger charge is 2.09. The second-order valence-electron chi connectivity index (χ2n) is 8.15.